The molecule has 2 aromatic rings. The van der Waals surface area contributed by atoms with Crippen molar-refractivity contribution in [2.75, 3.05) is 18.4 Å². The van der Waals surface area contributed by atoms with Gasteiger partial charge in [0.15, 0.2) is 0 Å². The predicted molar refractivity (Wildman–Crippen MR) is 87.8 cm³/mol. The van der Waals surface area contributed by atoms with E-state index in [1.165, 1.54) is 0 Å². The zero-order valence-corrected chi connectivity index (χ0v) is 12.7. The summed E-state index contributed by atoms with van der Waals surface area (Å²) in [5.41, 5.74) is 2.44. The Bertz CT molecular complexity index is 677. The highest BCUT2D eigenvalue weighted by Crippen LogP contribution is 2.10. The topological polar surface area (TPSA) is 64.9 Å². The molecule has 0 atom stereocenters. The fourth-order valence-electron chi connectivity index (χ4n) is 1.94. The van der Waals surface area contributed by atoms with E-state index in [2.05, 4.69) is 16.7 Å². The van der Waals surface area contributed by atoms with E-state index in [1.54, 1.807) is 18.2 Å². The number of amides is 1. The second-order valence-electron chi connectivity index (χ2n) is 4.77. The van der Waals surface area contributed by atoms with Crippen molar-refractivity contribution in [3.8, 4) is 6.07 Å². The smallest absolute Gasteiger partial charge is 0.239 e. The lowest BCUT2D eigenvalue weighted by Gasteiger charge is -2.08. The summed E-state index contributed by atoms with van der Waals surface area (Å²) >= 11 is 5.82. The largest absolute Gasteiger partial charge is 0.376 e. The van der Waals surface area contributed by atoms with E-state index in [1.807, 2.05) is 30.3 Å². The van der Waals surface area contributed by atoms with Crippen molar-refractivity contribution in [2.45, 2.75) is 6.42 Å². The number of carbonyl (C=O) groups excluding carboxylic acids is 1. The van der Waals surface area contributed by atoms with Gasteiger partial charge in [0, 0.05) is 17.3 Å². The van der Waals surface area contributed by atoms with Gasteiger partial charge in [-0.25, -0.2) is 0 Å². The molecular weight excluding hydrogens is 298 g/mol. The van der Waals surface area contributed by atoms with Crippen molar-refractivity contribution in [2.24, 2.45) is 0 Å². The van der Waals surface area contributed by atoms with E-state index >= 15 is 0 Å². The van der Waals surface area contributed by atoms with E-state index in [0.717, 1.165) is 17.7 Å². The van der Waals surface area contributed by atoms with Crippen molar-refractivity contribution in [1.82, 2.24) is 5.32 Å². The fourth-order valence-corrected chi connectivity index (χ4v) is 2.07. The average Bonchev–Trinajstić information content (AvgIpc) is 2.55. The van der Waals surface area contributed by atoms with Crippen molar-refractivity contribution >= 4 is 23.2 Å². The lowest BCUT2D eigenvalue weighted by Crippen LogP contribution is -2.31. The molecule has 0 saturated carbocycles. The molecule has 0 heterocycles. The van der Waals surface area contributed by atoms with Crippen LogP contribution in [-0.2, 0) is 11.2 Å². The van der Waals surface area contributed by atoms with Gasteiger partial charge in [-0.1, -0.05) is 29.8 Å². The quantitative estimate of drug-likeness (QED) is 0.861. The molecule has 0 saturated heterocycles. The lowest BCUT2D eigenvalue weighted by atomic mass is 10.1. The zero-order valence-electron chi connectivity index (χ0n) is 12.0. The van der Waals surface area contributed by atoms with E-state index in [0.29, 0.717) is 17.1 Å². The molecule has 0 spiro atoms. The molecule has 2 N–H and O–H groups in total. The Hall–Kier alpha value is -2.51. The van der Waals surface area contributed by atoms with Crippen LogP contribution < -0.4 is 10.6 Å². The molecule has 2 aromatic carbocycles. The summed E-state index contributed by atoms with van der Waals surface area (Å²) in [7, 11) is 0. The SMILES string of the molecule is N#Cc1cccc(NCC(=O)NCCc2ccc(Cl)cc2)c1. The zero-order chi connectivity index (χ0) is 15.8. The van der Waals surface area contributed by atoms with Gasteiger partial charge in [0.05, 0.1) is 18.2 Å². The van der Waals surface area contributed by atoms with Crippen LogP contribution in [0.25, 0.3) is 0 Å². The van der Waals surface area contributed by atoms with Gasteiger partial charge in [-0.3, -0.25) is 4.79 Å². The average molecular weight is 314 g/mol. The summed E-state index contributed by atoms with van der Waals surface area (Å²) in [6.07, 6.45) is 0.757. The van der Waals surface area contributed by atoms with Gasteiger partial charge in [0.2, 0.25) is 5.91 Å². The molecule has 2 rings (SSSR count). The van der Waals surface area contributed by atoms with Gasteiger partial charge in [0.25, 0.3) is 0 Å². The molecule has 112 valence electrons. The van der Waals surface area contributed by atoms with Gasteiger partial charge in [-0.15, -0.1) is 0 Å². The van der Waals surface area contributed by atoms with E-state index < -0.39 is 0 Å². The van der Waals surface area contributed by atoms with Gasteiger partial charge < -0.3 is 10.6 Å². The highest BCUT2D eigenvalue weighted by atomic mass is 35.5. The molecule has 0 fully saturated rings. The van der Waals surface area contributed by atoms with Crippen LogP contribution in [0.2, 0.25) is 5.02 Å². The number of nitrogens with one attached hydrogen (secondary N) is 2. The molecule has 0 aromatic heterocycles. The Balaban J connectivity index is 1.71. The molecule has 0 unspecified atom stereocenters. The molecule has 0 aliphatic heterocycles. The molecule has 4 nitrogen and oxygen atoms in total. The fraction of sp³-hybridized carbons (Fsp3) is 0.176. The number of hydrogen-bond donors (Lipinski definition) is 2. The minimum absolute atomic E-state index is 0.0867. The number of nitriles is 1. The maximum Gasteiger partial charge on any atom is 0.239 e. The molecule has 0 aliphatic rings. The van der Waals surface area contributed by atoms with Crippen molar-refractivity contribution in [3.63, 3.8) is 0 Å². The number of rotatable bonds is 6. The standard InChI is InChI=1S/C17H16ClN3O/c18-15-6-4-13(5-7-15)8-9-20-17(22)12-21-16-3-1-2-14(10-16)11-19/h1-7,10,21H,8-9,12H2,(H,20,22). The molecule has 0 aliphatic carbocycles. The second-order valence-corrected chi connectivity index (χ2v) is 5.21. The normalized spacial score (nSPS) is 9.82. The number of carbonyl (C=O) groups is 1. The van der Waals surface area contributed by atoms with Gasteiger partial charge >= 0.3 is 0 Å². The van der Waals surface area contributed by atoms with E-state index in [9.17, 15) is 4.79 Å². The number of benzene rings is 2. The third-order valence-electron chi connectivity index (χ3n) is 3.09. The van der Waals surface area contributed by atoms with E-state index in [-0.39, 0.29) is 12.5 Å². The van der Waals surface area contributed by atoms with Gasteiger partial charge in [-0.05, 0) is 42.3 Å². The maximum absolute atomic E-state index is 11.8. The second kappa shape index (κ2) is 8.06. The van der Waals surface area contributed by atoms with Crippen LogP contribution in [0.5, 0.6) is 0 Å². The Morgan fingerprint density at radius 1 is 1.18 bits per heavy atom. The van der Waals surface area contributed by atoms with Crippen LogP contribution in [0.15, 0.2) is 48.5 Å². The summed E-state index contributed by atoms with van der Waals surface area (Å²) < 4.78 is 0. The Labute approximate surface area is 134 Å². The van der Waals surface area contributed by atoms with Crippen LogP contribution in [0.3, 0.4) is 0 Å². The summed E-state index contributed by atoms with van der Waals surface area (Å²) in [5.74, 6) is -0.0867. The lowest BCUT2D eigenvalue weighted by molar-refractivity contribution is -0.119. The number of anilines is 1. The molecule has 0 bridgehead atoms. The summed E-state index contributed by atoms with van der Waals surface area (Å²) in [6.45, 7) is 0.746. The maximum atomic E-state index is 11.8. The van der Waals surface area contributed by atoms with Crippen molar-refractivity contribution in [3.05, 3.63) is 64.7 Å². The van der Waals surface area contributed by atoms with Crippen molar-refractivity contribution < 1.29 is 4.79 Å². The van der Waals surface area contributed by atoms with Crippen molar-refractivity contribution in [1.29, 1.82) is 5.26 Å². The Morgan fingerprint density at radius 2 is 1.95 bits per heavy atom. The van der Waals surface area contributed by atoms with Gasteiger partial charge in [-0.2, -0.15) is 5.26 Å². The number of hydrogen-bond acceptors (Lipinski definition) is 3. The molecule has 5 heteroatoms. The summed E-state index contributed by atoms with van der Waals surface area (Å²) in [4.78, 5) is 11.8. The summed E-state index contributed by atoms with van der Waals surface area (Å²) in [6, 6.07) is 16.6. The number of nitrogens with zero attached hydrogens (tertiary/aromatic N) is 1. The minimum atomic E-state index is -0.0867. The Morgan fingerprint density at radius 3 is 2.68 bits per heavy atom. The predicted octanol–water partition coefficient (Wildman–Crippen LogP) is 2.98. The third kappa shape index (κ3) is 5.12. The highest BCUT2D eigenvalue weighted by Gasteiger charge is 2.02. The monoisotopic (exact) mass is 313 g/mol. The molecule has 22 heavy (non-hydrogen) atoms. The van der Waals surface area contributed by atoms with Gasteiger partial charge in [0.1, 0.15) is 0 Å². The first-order chi connectivity index (χ1) is 10.7. The third-order valence-corrected chi connectivity index (χ3v) is 3.35. The van der Waals surface area contributed by atoms with Crippen LogP contribution in [0, 0.1) is 11.3 Å². The molecule has 0 radical (unpaired) electrons. The first-order valence-electron chi connectivity index (χ1n) is 6.92. The highest BCUT2D eigenvalue weighted by molar-refractivity contribution is 6.30. The van der Waals surface area contributed by atoms with Crippen LogP contribution in [0.4, 0.5) is 5.69 Å². The first kappa shape index (κ1) is 15.9. The van der Waals surface area contributed by atoms with E-state index in [4.69, 9.17) is 16.9 Å². The molecule has 1 amide bonds. The van der Waals surface area contributed by atoms with Crippen LogP contribution in [-0.4, -0.2) is 19.0 Å². The first-order valence-corrected chi connectivity index (χ1v) is 7.30. The minimum Gasteiger partial charge on any atom is -0.376 e. The van der Waals surface area contributed by atoms with Crippen LogP contribution >= 0.6 is 11.6 Å². The number of halogens is 1. The van der Waals surface area contributed by atoms with Crippen LogP contribution in [0.1, 0.15) is 11.1 Å². The summed E-state index contributed by atoms with van der Waals surface area (Å²) in [5, 5.41) is 15.4. The molecular formula is C17H16ClN3O. The Kier molecular flexibility index (Phi) is 5.81.